The van der Waals surface area contributed by atoms with E-state index in [-0.39, 0.29) is 0 Å². The fraction of sp³-hybridized carbons (Fsp3) is 0.500. The Morgan fingerprint density at radius 1 is 1.64 bits per heavy atom. The van der Waals surface area contributed by atoms with E-state index in [1.165, 1.54) is 30.6 Å². The first-order valence-corrected chi connectivity index (χ1v) is 6.00. The number of hydrogen-bond acceptors (Lipinski definition) is 4. The number of nitrogens with zero attached hydrogens (tertiary/aromatic N) is 1. The molecule has 14 heavy (non-hydrogen) atoms. The maximum absolute atomic E-state index is 5.88. The monoisotopic (exact) mass is 247 g/mol. The largest absolute Gasteiger partial charge is 0.389 e. The third-order valence-corrected chi connectivity index (χ3v) is 3.98. The van der Waals surface area contributed by atoms with Crippen molar-refractivity contribution >= 4 is 45.3 Å². The molecule has 1 aliphatic rings. The van der Waals surface area contributed by atoms with Gasteiger partial charge in [0.1, 0.15) is 9.87 Å². The number of hydrogen-bond donors (Lipinski definition) is 2. The zero-order chi connectivity index (χ0) is 10.1. The molecular weight excluding hydrogens is 238 g/mol. The summed E-state index contributed by atoms with van der Waals surface area (Å²) < 4.78 is 0. The van der Waals surface area contributed by atoms with E-state index in [9.17, 15) is 0 Å². The van der Waals surface area contributed by atoms with Crippen LogP contribution in [-0.4, -0.2) is 16.0 Å². The van der Waals surface area contributed by atoms with Crippen LogP contribution in [0.25, 0.3) is 0 Å². The van der Waals surface area contributed by atoms with E-state index in [1.54, 1.807) is 0 Å². The van der Waals surface area contributed by atoms with E-state index >= 15 is 0 Å². The van der Waals surface area contributed by atoms with Crippen molar-refractivity contribution in [1.82, 2.24) is 4.98 Å². The van der Waals surface area contributed by atoms with E-state index in [1.807, 2.05) is 0 Å². The molecule has 0 spiro atoms. The number of anilines is 1. The molecule has 0 amide bonds. The SMILES string of the molecule is NC(=S)c1sc(NC2CCC2)nc1Cl. The number of thiocarbonyl (C=S) groups is 1. The molecule has 0 bridgehead atoms. The highest BCUT2D eigenvalue weighted by Gasteiger charge is 2.19. The molecule has 1 fully saturated rings. The van der Waals surface area contributed by atoms with Gasteiger partial charge in [0.25, 0.3) is 0 Å². The number of halogens is 1. The minimum atomic E-state index is 0.314. The Morgan fingerprint density at radius 2 is 2.36 bits per heavy atom. The molecule has 3 nitrogen and oxygen atoms in total. The summed E-state index contributed by atoms with van der Waals surface area (Å²) in [5.74, 6) is 0. The van der Waals surface area contributed by atoms with Gasteiger partial charge in [-0.25, -0.2) is 4.98 Å². The summed E-state index contributed by atoms with van der Waals surface area (Å²) in [4.78, 5) is 5.17. The van der Waals surface area contributed by atoms with E-state index in [2.05, 4.69) is 10.3 Å². The lowest BCUT2D eigenvalue weighted by Gasteiger charge is -2.25. The topological polar surface area (TPSA) is 50.9 Å². The molecule has 1 aliphatic carbocycles. The van der Waals surface area contributed by atoms with Crippen molar-refractivity contribution in [3.05, 3.63) is 10.0 Å². The van der Waals surface area contributed by atoms with Crippen LogP contribution in [0.3, 0.4) is 0 Å². The van der Waals surface area contributed by atoms with Gasteiger partial charge in [-0.3, -0.25) is 0 Å². The molecule has 3 N–H and O–H groups in total. The van der Waals surface area contributed by atoms with Crippen LogP contribution in [0.2, 0.25) is 5.15 Å². The van der Waals surface area contributed by atoms with Crippen molar-refractivity contribution in [1.29, 1.82) is 0 Å². The van der Waals surface area contributed by atoms with Gasteiger partial charge >= 0.3 is 0 Å². The summed E-state index contributed by atoms with van der Waals surface area (Å²) in [6.07, 6.45) is 3.71. The molecule has 0 atom stereocenters. The molecular formula is C8H10ClN3S2. The van der Waals surface area contributed by atoms with Gasteiger partial charge in [0, 0.05) is 6.04 Å². The van der Waals surface area contributed by atoms with Crippen molar-refractivity contribution < 1.29 is 0 Å². The van der Waals surface area contributed by atoms with Crippen LogP contribution < -0.4 is 11.1 Å². The maximum Gasteiger partial charge on any atom is 0.185 e. The molecule has 1 aromatic heterocycles. The van der Waals surface area contributed by atoms with Crippen molar-refractivity contribution in [2.45, 2.75) is 25.3 Å². The number of aromatic nitrogens is 1. The second-order valence-electron chi connectivity index (χ2n) is 3.28. The fourth-order valence-corrected chi connectivity index (χ4v) is 2.66. The highest BCUT2D eigenvalue weighted by molar-refractivity contribution is 7.81. The molecule has 0 aliphatic heterocycles. The molecule has 0 unspecified atom stereocenters. The zero-order valence-electron chi connectivity index (χ0n) is 7.42. The minimum absolute atomic E-state index is 0.314. The predicted molar refractivity (Wildman–Crippen MR) is 64.3 cm³/mol. The van der Waals surface area contributed by atoms with Crippen LogP contribution in [0.15, 0.2) is 0 Å². The van der Waals surface area contributed by atoms with Crippen LogP contribution in [-0.2, 0) is 0 Å². The molecule has 0 radical (unpaired) electrons. The Labute approximate surface area is 96.7 Å². The number of nitrogens with two attached hydrogens (primary N) is 1. The average molecular weight is 248 g/mol. The van der Waals surface area contributed by atoms with Crippen LogP contribution in [0.5, 0.6) is 0 Å². The zero-order valence-corrected chi connectivity index (χ0v) is 9.81. The quantitative estimate of drug-likeness (QED) is 0.806. The van der Waals surface area contributed by atoms with E-state index in [0.717, 1.165) is 5.13 Å². The second-order valence-corrected chi connectivity index (χ2v) is 5.07. The number of thiazole rings is 1. The molecule has 6 heteroatoms. The third-order valence-electron chi connectivity index (χ3n) is 2.24. The Morgan fingerprint density at radius 3 is 2.79 bits per heavy atom. The third kappa shape index (κ3) is 1.99. The van der Waals surface area contributed by atoms with Gasteiger partial charge in [0.05, 0.1) is 0 Å². The predicted octanol–water partition coefficient (Wildman–Crippen LogP) is 2.40. The van der Waals surface area contributed by atoms with Gasteiger partial charge in [-0.05, 0) is 19.3 Å². The molecule has 0 aromatic carbocycles. The standard InChI is InChI=1S/C8H10ClN3S2/c9-6-5(7(10)13)14-8(12-6)11-4-2-1-3-4/h4H,1-3H2,(H2,10,13)(H,11,12). The van der Waals surface area contributed by atoms with E-state index in [4.69, 9.17) is 29.6 Å². The van der Waals surface area contributed by atoms with Crippen molar-refractivity contribution in [2.24, 2.45) is 5.73 Å². The second kappa shape index (κ2) is 4.00. The van der Waals surface area contributed by atoms with Crippen molar-refractivity contribution in [2.75, 3.05) is 5.32 Å². The molecule has 1 heterocycles. The summed E-state index contributed by atoms with van der Waals surface area (Å²) in [5, 5.41) is 4.53. The average Bonchev–Trinajstić information content (AvgIpc) is 2.39. The minimum Gasteiger partial charge on any atom is -0.389 e. The summed E-state index contributed by atoms with van der Waals surface area (Å²) >= 11 is 12.2. The van der Waals surface area contributed by atoms with Crippen LogP contribution in [0, 0.1) is 0 Å². The van der Waals surface area contributed by atoms with Gasteiger partial charge in [0.2, 0.25) is 0 Å². The lowest BCUT2D eigenvalue weighted by Crippen LogP contribution is -2.26. The van der Waals surface area contributed by atoms with Crippen molar-refractivity contribution in [3.8, 4) is 0 Å². The van der Waals surface area contributed by atoms with Crippen molar-refractivity contribution in [3.63, 3.8) is 0 Å². The van der Waals surface area contributed by atoms with Gasteiger partial charge < -0.3 is 11.1 Å². The molecule has 0 saturated heterocycles. The van der Waals surface area contributed by atoms with E-state index < -0.39 is 0 Å². The molecule has 76 valence electrons. The summed E-state index contributed by atoms with van der Waals surface area (Å²) in [7, 11) is 0. The first kappa shape index (κ1) is 10.1. The summed E-state index contributed by atoms with van der Waals surface area (Å²) in [6, 6.07) is 0.552. The van der Waals surface area contributed by atoms with E-state index in [0.29, 0.717) is 21.1 Å². The van der Waals surface area contributed by atoms with Gasteiger partial charge in [-0.15, -0.1) is 0 Å². The summed E-state index contributed by atoms with van der Waals surface area (Å²) in [6.45, 7) is 0. The Bertz CT molecular complexity index is 359. The lowest BCUT2D eigenvalue weighted by molar-refractivity contribution is 0.445. The molecule has 2 rings (SSSR count). The maximum atomic E-state index is 5.88. The first-order valence-electron chi connectivity index (χ1n) is 4.39. The van der Waals surface area contributed by atoms with Crippen LogP contribution in [0.1, 0.15) is 24.1 Å². The van der Waals surface area contributed by atoms with Gasteiger partial charge in [-0.2, -0.15) is 0 Å². The number of nitrogens with one attached hydrogen (secondary N) is 1. The Kier molecular flexibility index (Phi) is 2.90. The van der Waals surface area contributed by atoms with Gasteiger partial charge in [-0.1, -0.05) is 35.2 Å². The number of rotatable bonds is 3. The summed E-state index contributed by atoms with van der Waals surface area (Å²) in [5.41, 5.74) is 5.49. The molecule has 1 aromatic rings. The molecule has 1 saturated carbocycles. The first-order chi connectivity index (χ1) is 6.66. The van der Waals surface area contributed by atoms with Gasteiger partial charge in [0.15, 0.2) is 10.3 Å². The normalized spacial score (nSPS) is 16.4. The van der Waals surface area contributed by atoms with Crippen LogP contribution >= 0.6 is 35.2 Å². The highest BCUT2D eigenvalue weighted by atomic mass is 35.5. The highest BCUT2D eigenvalue weighted by Crippen LogP contribution is 2.30. The Hall–Kier alpha value is -0.390. The Balaban J connectivity index is 2.10. The fourth-order valence-electron chi connectivity index (χ4n) is 1.24. The smallest absolute Gasteiger partial charge is 0.185 e. The lowest BCUT2D eigenvalue weighted by atomic mass is 9.93. The van der Waals surface area contributed by atoms with Crippen LogP contribution in [0.4, 0.5) is 5.13 Å².